The van der Waals surface area contributed by atoms with Gasteiger partial charge in [-0.15, -0.1) is 0 Å². The summed E-state index contributed by atoms with van der Waals surface area (Å²) < 4.78 is 115. The second-order valence-electron chi connectivity index (χ2n) is 10.5. The van der Waals surface area contributed by atoms with Gasteiger partial charge in [-0.25, -0.2) is 13.2 Å². The monoisotopic (exact) mass is 562 g/mol. The first-order valence-electron chi connectivity index (χ1n) is 13.1. The molecule has 214 valence electrons. The minimum atomic E-state index is -4.72. The zero-order valence-electron chi connectivity index (χ0n) is 21.1. The molecule has 0 atom stereocenters. The van der Waals surface area contributed by atoms with Gasteiger partial charge in [0.1, 0.15) is 23.0 Å². The van der Waals surface area contributed by atoms with Crippen molar-refractivity contribution in [2.24, 2.45) is 11.8 Å². The summed E-state index contributed by atoms with van der Waals surface area (Å²) in [6, 6.07) is 4.45. The fourth-order valence-corrected chi connectivity index (χ4v) is 5.64. The highest BCUT2D eigenvalue weighted by Gasteiger charge is 2.42. The van der Waals surface area contributed by atoms with Gasteiger partial charge in [-0.05, 0) is 105 Å². The number of benzene rings is 2. The van der Waals surface area contributed by atoms with Gasteiger partial charge in [-0.1, -0.05) is 18.2 Å². The molecule has 0 saturated heterocycles. The average Bonchev–Trinajstić information content (AvgIpc) is 2.87. The van der Waals surface area contributed by atoms with Crippen LogP contribution in [-0.4, -0.2) is 11.2 Å². The van der Waals surface area contributed by atoms with Gasteiger partial charge < -0.3 is 9.84 Å². The van der Waals surface area contributed by atoms with Crippen LogP contribution in [0.15, 0.2) is 42.5 Å². The summed E-state index contributed by atoms with van der Waals surface area (Å²) >= 11 is 0. The van der Waals surface area contributed by atoms with Crippen LogP contribution >= 0.6 is 0 Å². The molecule has 2 aromatic carbocycles. The van der Waals surface area contributed by atoms with E-state index in [2.05, 4.69) is 12.2 Å². The van der Waals surface area contributed by atoms with Gasteiger partial charge >= 0.3 is 12.3 Å². The van der Waals surface area contributed by atoms with Crippen LogP contribution in [-0.2, 0) is 23.6 Å². The smallest absolute Gasteiger partial charge is 0.392 e. The molecule has 0 radical (unpaired) electrons. The molecule has 2 aliphatic carbocycles. The van der Waals surface area contributed by atoms with Crippen LogP contribution in [0.5, 0.6) is 0 Å². The van der Waals surface area contributed by atoms with Crippen molar-refractivity contribution in [2.45, 2.75) is 82.3 Å². The number of alkyl halides is 5. The number of allylic oxidation sites excluding steroid dienone is 2. The molecule has 0 heterocycles. The molecule has 0 amide bonds. The van der Waals surface area contributed by atoms with Gasteiger partial charge in [0.25, 0.3) is 0 Å². The third-order valence-corrected chi connectivity index (χ3v) is 7.81. The van der Waals surface area contributed by atoms with Gasteiger partial charge in [0, 0.05) is 0 Å². The lowest BCUT2D eigenvalue weighted by Crippen LogP contribution is -2.31. The molecule has 2 fully saturated rings. The minimum absolute atomic E-state index is 0.00444. The highest BCUT2D eigenvalue weighted by atomic mass is 19.4. The number of rotatable bonds is 7. The first kappa shape index (κ1) is 29.5. The number of aliphatic hydroxyl groups excluding tert-OH is 1. The Hall–Kier alpha value is -2.46. The van der Waals surface area contributed by atoms with Gasteiger partial charge in [0.05, 0.1) is 18.3 Å². The summed E-state index contributed by atoms with van der Waals surface area (Å²) in [7, 11) is 0. The average molecular weight is 563 g/mol. The molecule has 2 aromatic rings. The van der Waals surface area contributed by atoms with Crippen molar-refractivity contribution in [3.05, 3.63) is 82.2 Å². The third-order valence-electron chi connectivity index (χ3n) is 7.81. The second kappa shape index (κ2) is 12.0. The van der Waals surface area contributed by atoms with Crippen molar-refractivity contribution >= 4 is 0 Å². The summed E-state index contributed by atoms with van der Waals surface area (Å²) in [6.07, 6.45) is -0.765. The zero-order chi connectivity index (χ0) is 28.4. The van der Waals surface area contributed by atoms with Crippen molar-refractivity contribution in [2.75, 3.05) is 0 Å². The molecule has 0 aromatic heterocycles. The van der Waals surface area contributed by atoms with Crippen molar-refractivity contribution in [1.29, 1.82) is 0 Å². The summed E-state index contributed by atoms with van der Waals surface area (Å²) in [5, 5.41) is 8.99. The van der Waals surface area contributed by atoms with Crippen LogP contribution in [0.25, 0.3) is 0 Å². The van der Waals surface area contributed by atoms with Crippen molar-refractivity contribution in [1.82, 2.24) is 0 Å². The van der Waals surface area contributed by atoms with E-state index in [1.54, 1.807) is 0 Å². The lowest BCUT2D eigenvalue weighted by atomic mass is 9.77. The lowest BCUT2D eigenvalue weighted by Gasteiger charge is -2.31. The van der Waals surface area contributed by atoms with Crippen LogP contribution in [0.2, 0.25) is 0 Å². The second-order valence-corrected chi connectivity index (χ2v) is 10.5. The molecule has 4 rings (SSSR count). The lowest BCUT2D eigenvalue weighted by molar-refractivity contribution is -0.280. The Labute approximate surface area is 221 Å². The topological polar surface area (TPSA) is 29.5 Å². The van der Waals surface area contributed by atoms with E-state index in [1.165, 1.54) is 6.07 Å². The van der Waals surface area contributed by atoms with Crippen LogP contribution in [0.4, 0.5) is 35.1 Å². The van der Waals surface area contributed by atoms with E-state index < -0.39 is 53.6 Å². The minimum Gasteiger partial charge on any atom is -0.392 e. The van der Waals surface area contributed by atoms with E-state index in [0.717, 1.165) is 37.8 Å². The molecule has 0 bridgehead atoms. The van der Waals surface area contributed by atoms with Gasteiger partial charge in [-0.2, -0.15) is 22.0 Å². The Morgan fingerprint density at radius 2 is 1.28 bits per heavy atom. The normalized spacial score (nSPS) is 24.8. The Morgan fingerprint density at radius 1 is 0.744 bits per heavy atom. The number of hydrogen-bond donors (Lipinski definition) is 1. The Morgan fingerprint density at radius 3 is 1.77 bits per heavy atom. The van der Waals surface area contributed by atoms with Crippen LogP contribution < -0.4 is 0 Å². The molecular formula is C29H30F8O2. The van der Waals surface area contributed by atoms with E-state index in [9.17, 15) is 35.1 Å². The fourth-order valence-electron chi connectivity index (χ4n) is 5.64. The van der Waals surface area contributed by atoms with Crippen LogP contribution in [0.3, 0.4) is 0 Å². The molecule has 0 aliphatic heterocycles. The van der Waals surface area contributed by atoms with Gasteiger partial charge in [0.2, 0.25) is 0 Å². The van der Waals surface area contributed by atoms with Crippen LogP contribution in [0, 0.1) is 29.3 Å². The van der Waals surface area contributed by atoms with Crippen molar-refractivity contribution in [3.8, 4) is 0 Å². The van der Waals surface area contributed by atoms with E-state index in [-0.39, 0.29) is 23.3 Å². The SMILES string of the molecule is OCc1cc(F)c(C(F)(F)OC2CCC(/C=C/C3CCC(c4ccc(C(F)(F)F)c(F)c4)CC3)CC2)c(F)c1. The molecule has 0 spiro atoms. The number of hydrogen-bond acceptors (Lipinski definition) is 2. The molecule has 2 saturated carbocycles. The van der Waals surface area contributed by atoms with Crippen LogP contribution in [0.1, 0.15) is 79.5 Å². The molecule has 0 unspecified atom stereocenters. The van der Waals surface area contributed by atoms with Gasteiger partial charge in [-0.3, -0.25) is 0 Å². The highest BCUT2D eigenvalue weighted by molar-refractivity contribution is 5.30. The number of ether oxygens (including phenoxy) is 1. The van der Waals surface area contributed by atoms with E-state index in [4.69, 9.17) is 9.84 Å². The maximum atomic E-state index is 14.6. The van der Waals surface area contributed by atoms with E-state index in [0.29, 0.717) is 43.4 Å². The summed E-state index contributed by atoms with van der Waals surface area (Å²) in [6.45, 7) is -0.682. The Kier molecular flexibility index (Phi) is 9.05. The first-order chi connectivity index (χ1) is 18.4. The molecule has 1 N–H and O–H groups in total. The van der Waals surface area contributed by atoms with E-state index >= 15 is 0 Å². The highest BCUT2D eigenvalue weighted by Crippen LogP contribution is 2.41. The Bertz CT molecular complexity index is 1140. The standard InChI is InChI=1S/C29H30F8O2/c30-24-15-21(9-12-23(24)28(33,34)35)20-7-3-17(4-8-20)1-2-18-5-10-22(11-6-18)39-29(36,37)27-25(31)13-19(16-38)14-26(27)32/h1-2,9,12-15,17-18,20,22,38H,3-8,10-11,16H2/b2-1+. The maximum absolute atomic E-state index is 14.6. The quantitative estimate of drug-likeness (QED) is 0.270. The third kappa shape index (κ3) is 7.20. The number of halogens is 8. The number of aliphatic hydroxyl groups is 1. The summed E-state index contributed by atoms with van der Waals surface area (Å²) in [5.41, 5.74) is -2.31. The molecular weight excluding hydrogens is 532 g/mol. The first-order valence-corrected chi connectivity index (χ1v) is 13.1. The maximum Gasteiger partial charge on any atom is 0.419 e. The largest absolute Gasteiger partial charge is 0.419 e. The van der Waals surface area contributed by atoms with Gasteiger partial charge in [0.15, 0.2) is 0 Å². The molecule has 2 aliphatic rings. The predicted molar refractivity (Wildman–Crippen MR) is 128 cm³/mol. The molecule has 2 nitrogen and oxygen atoms in total. The summed E-state index contributed by atoms with van der Waals surface area (Å²) in [4.78, 5) is 0. The van der Waals surface area contributed by atoms with E-state index in [1.807, 2.05) is 0 Å². The van der Waals surface area contributed by atoms with Crippen molar-refractivity contribution < 1.29 is 45.0 Å². The predicted octanol–water partition coefficient (Wildman–Crippen LogP) is 8.77. The van der Waals surface area contributed by atoms with Crippen molar-refractivity contribution in [3.63, 3.8) is 0 Å². The molecule has 39 heavy (non-hydrogen) atoms. The summed E-state index contributed by atoms with van der Waals surface area (Å²) in [5.74, 6) is -3.79. The molecule has 10 heteroatoms. The Balaban J connectivity index is 1.25. The zero-order valence-corrected chi connectivity index (χ0v) is 21.1. The fraction of sp³-hybridized carbons (Fsp3) is 0.517.